The van der Waals surface area contributed by atoms with E-state index in [1.807, 2.05) is 4.90 Å². The lowest BCUT2D eigenvalue weighted by molar-refractivity contribution is -0.136. The Morgan fingerprint density at radius 1 is 1.26 bits per heavy atom. The number of rotatable bonds is 2. The van der Waals surface area contributed by atoms with Crippen molar-refractivity contribution in [2.24, 2.45) is 28.6 Å². The molecule has 2 aliphatic heterocycles. The molecule has 0 aromatic rings. The molecule has 3 rings (SSSR count). The lowest BCUT2D eigenvalue weighted by Gasteiger charge is -2.38. The Labute approximate surface area is 140 Å². The Balaban J connectivity index is 1.60. The first-order chi connectivity index (χ1) is 10.9. The number of amides is 1. The maximum absolute atomic E-state index is 13.0. The minimum absolute atomic E-state index is 0.101. The Kier molecular flexibility index (Phi) is 4.76. The summed E-state index contributed by atoms with van der Waals surface area (Å²) in [5.41, 5.74) is 0.255. The summed E-state index contributed by atoms with van der Waals surface area (Å²) in [6, 6.07) is 0. The molecule has 1 saturated carbocycles. The highest BCUT2D eigenvalue weighted by Gasteiger charge is 2.50. The predicted molar refractivity (Wildman–Crippen MR) is 89.9 cm³/mol. The van der Waals surface area contributed by atoms with Gasteiger partial charge in [0.1, 0.15) is 0 Å². The average Bonchev–Trinajstić information content (AvgIpc) is 2.93. The molecule has 132 valence electrons. The molecule has 0 bridgehead atoms. The second-order valence-corrected chi connectivity index (χ2v) is 9.18. The van der Waals surface area contributed by atoms with E-state index in [0.717, 1.165) is 44.9 Å². The summed E-state index contributed by atoms with van der Waals surface area (Å²) < 4.78 is 5.59. The molecule has 0 spiro atoms. The SMILES string of the molecule is CC(C)(C)C1CCC(C(=O)N2C[C@@H]3COCC[C@]3(CO)C2)CC1. The van der Waals surface area contributed by atoms with E-state index < -0.39 is 0 Å². The summed E-state index contributed by atoms with van der Waals surface area (Å²) in [5, 5.41) is 9.89. The molecule has 1 N–H and O–H groups in total. The van der Waals surface area contributed by atoms with Gasteiger partial charge in [-0.2, -0.15) is 0 Å². The molecular formula is C19H33NO3. The Morgan fingerprint density at radius 2 is 1.96 bits per heavy atom. The molecule has 4 nitrogen and oxygen atoms in total. The van der Waals surface area contributed by atoms with Crippen LogP contribution in [0.5, 0.6) is 0 Å². The van der Waals surface area contributed by atoms with E-state index in [0.29, 0.717) is 23.8 Å². The normalized spacial score (nSPS) is 38.4. The molecule has 1 amide bonds. The van der Waals surface area contributed by atoms with Crippen molar-refractivity contribution in [2.45, 2.75) is 52.9 Å². The molecule has 2 saturated heterocycles. The quantitative estimate of drug-likeness (QED) is 0.850. The first kappa shape index (κ1) is 17.2. The molecule has 0 unspecified atom stereocenters. The highest BCUT2D eigenvalue weighted by Crippen LogP contribution is 2.44. The van der Waals surface area contributed by atoms with Gasteiger partial charge in [-0.25, -0.2) is 0 Å². The van der Waals surface area contributed by atoms with Crippen LogP contribution in [0.15, 0.2) is 0 Å². The molecule has 3 fully saturated rings. The van der Waals surface area contributed by atoms with E-state index in [9.17, 15) is 9.90 Å². The summed E-state index contributed by atoms with van der Waals surface area (Å²) in [5.74, 6) is 1.59. The van der Waals surface area contributed by atoms with Crippen LogP contribution in [-0.2, 0) is 9.53 Å². The van der Waals surface area contributed by atoms with E-state index in [1.54, 1.807) is 0 Å². The smallest absolute Gasteiger partial charge is 0.225 e. The van der Waals surface area contributed by atoms with Gasteiger partial charge in [-0.15, -0.1) is 0 Å². The van der Waals surface area contributed by atoms with Gasteiger partial charge in [0.05, 0.1) is 13.2 Å². The first-order valence-electron chi connectivity index (χ1n) is 9.33. The monoisotopic (exact) mass is 323 g/mol. The fourth-order valence-electron chi connectivity index (χ4n) is 4.94. The van der Waals surface area contributed by atoms with Crippen LogP contribution in [0.2, 0.25) is 0 Å². The predicted octanol–water partition coefficient (Wildman–Crippen LogP) is 2.70. The second kappa shape index (κ2) is 6.36. The van der Waals surface area contributed by atoms with Crippen LogP contribution >= 0.6 is 0 Å². The minimum Gasteiger partial charge on any atom is -0.396 e. The number of aliphatic hydroxyl groups excluding tert-OH is 1. The van der Waals surface area contributed by atoms with Gasteiger partial charge in [0.15, 0.2) is 0 Å². The van der Waals surface area contributed by atoms with Gasteiger partial charge in [-0.3, -0.25) is 4.79 Å². The van der Waals surface area contributed by atoms with E-state index in [-0.39, 0.29) is 17.9 Å². The van der Waals surface area contributed by atoms with E-state index in [1.165, 1.54) is 12.8 Å². The van der Waals surface area contributed by atoms with Gasteiger partial charge in [-0.05, 0) is 43.4 Å². The standard InChI is InChI=1S/C19H33NO3/c1-18(2,3)15-6-4-14(5-7-15)17(22)20-10-16-11-23-9-8-19(16,12-20)13-21/h14-16,21H,4-13H2,1-3H3/t14?,15?,16-,19-/m1/s1. The molecule has 2 atom stereocenters. The molecular weight excluding hydrogens is 290 g/mol. The van der Waals surface area contributed by atoms with Crippen molar-refractivity contribution in [1.82, 2.24) is 4.90 Å². The van der Waals surface area contributed by atoms with E-state index >= 15 is 0 Å². The second-order valence-electron chi connectivity index (χ2n) is 9.18. The lowest BCUT2D eigenvalue weighted by Crippen LogP contribution is -2.42. The van der Waals surface area contributed by atoms with Gasteiger partial charge in [-0.1, -0.05) is 20.8 Å². The van der Waals surface area contributed by atoms with Crippen molar-refractivity contribution in [2.75, 3.05) is 32.9 Å². The first-order valence-corrected chi connectivity index (χ1v) is 9.33. The molecule has 23 heavy (non-hydrogen) atoms. The van der Waals surface area contributed by atoms with Crippen LogP contribution in [0.1, 0.15) is 52.9 Å². The third kappa shape index (κ3) is 3.30. The Hall–Kier alpha value is -0.610. The maximum atomic E-state index is 13.0. The molecule has 1 aliphatic carbocycles. The van der Waals surface area contributed by atoms with Crippen molar-refractivity contribution in [3.63, 3.8) is 0 Å². The average molecular weight is 323 g/mol. The Morgan fingerprint density at radius 3 is 2.52 bits per heavy atom. The van der Waals surface area contributed by atoms with Crippen LogP contribution in [0.4, 0.5) is 0 Å². The zero-order valence-corrected chi connectivity index (χ0v) is 15.0. The summed E-state index contributed by atoms with van der Waals surface area (Å²) in [4.78, 5) is 15.0. The highest BCUT2D eigenvalue weighted by molar-refractivity contribution is 5.79. The summed E-state index contributed by atoms with van der Waals surface area (Å²) >= 11 is 0. The summed E-state index contributed by atoms with van der Waals surface area (Å²) in [6.07, 6.45) is 5.29. The van der Waals surface area contributed by atoms with Gasteiger partial charge in [0, 0.05) is 36.9 Å². The van der Waals surface area contributed by atoms with Crippen LogP contribution < -0.4 is 0 Å². The van der Waals surface area contributed by atoms with Crippen LogP contribution in [0, 0.1) is 28.6 Å². The number of aliphatic hydroxyl groups is 1. The Bertz CT molecular complexity index is 436. The van der Waals surface area contributed by atoms with Crippen molar-refractivity contribution in [3.8, 4) is 0 Å². The number of carbonyl (C=O) groups excluding carboxylic acids is 1. The van der Waals surface area contributed by atoms with Gasteiger partial charge < -0.3 is 14.7 Å². The molecule has 0 aromatic heterocycles. The number of carbonyl (C=O) groups is 1. The molecule has 0 radical (unpaired) electrons. The number of hydrogen-bond donors (Lipinski definition) is 1. The van der Waals surface area contributed by atoms with Gasteiger partial charge in [0.25, 0.3) is 0 Å². The van der Waals surface area contributed by atoms with Crippen LogP contribution in [0.25, 0.3) is 0 Å². The topological polar surface area (TPSA) is 49.8 Å². The number of nitrogens with zero attached hydrogens (tertiary/aromatic N) is 1. The number of fused-ring (bicyclic) bond motifs is 1. The minimum atomic E-state index is -0.101. The van der Waals surface area contributed by atoms with Gasteiger partial charge in [0.2, 0.25) is 5.91 Å². The molecule has 3 aliphatic rings. The van der Waals surface area contributed by atoms with Gasteiger partial charge >= 0.3 is 0 Å². The number of likely N-dealkylation sites (tertiary alicyclic amines) is 1. The van der Waals surface area contributed by atoms with Crippen molar-refractivity contribution in [3.05, 3.63) is 0 Å². The van der Waals surface area contributed by atoms with Crippen molar-refractivity contribution in [1.29, 1.82) is 0 Å². The zero-order chi connectivity index (χ0) is 16.7. The van der Waals surface area contributed by atoms with Crippen LogP contribution in [0.3, 0.4) is 0 Å². The van der Waals surface area contributed by atoms with Crippen LogP contribution in [-0.4, -0.2) is 48.8 Å². The fourth-order valence-corrected chi connectivity index (χ4v) is 4.94. The largest absolute Gasteiger partial charge is 0.396 e. The summed E-state index contributed by atoms with van der Waals surface area (Å²) in [6.45, 7) is 10.1. The molecule has 2 heterocycles. The zero-order valence-electron chi connectivity index (χ0n) is 15.0. The highest BCUT2D eigenvalue weighted by atomic mass is 16.5. The number of ether oxygens (including phenoxy) is 1. The number of hydrogen-bond acceptors (Lipinski definition) is 3. The summed E-state index contributed by atoms with van der Waals surface area (Å²) in [7, 11) is 0. The van der Waals surface area contributed by atoms with Crippen molar-refractivity contribution >= 4 is 5.91 Å². The molecule has 4 heteroatoms. The third-order valence-electron chi connectivity index (χ3n) is 6.80. The molecule has 0 aromatic carbocycles. The van der Waals surface area contributed by atoms with E-state index in [4.69, 9.17) is 4.74 Å². The fraction of sp³-hybridized carbons (Fsp3) is 0.947. The lowest BCUT2D eigenvalue weighted by atomic mass is 9.69. The van der Waals surface area contributed by atoms with Crippen molar-refractivity contribution < 1.29 is 14.6 Å². The third-order valence-corrected chi connectivity index (χ3v) is 6.80. The maximum Gasteiger partial charge on any atom is 0.225 e. The van der Waals surface area contributed by atoms with E-state index in [2.05, 4.69) is 20.8 Å².